The molecule has 20 heavy (non-hydrogen) atoms. The van der Waals surface area contributed by atoms with Crippen molar-refractivity contribution in [3.63, 3.8) is 0 Å². The second-order valence-electron chi connectivity index (χ2n) is 5.26. The van der Waals surface area contributed by atoms with Crippen molar-refractivity contribution >= 4 is 23.2 Å². The van der Waals surface area contributed by atoms with Crippen LogP contribution in [0.3, 0.4) is 0 Å². The summed E-state index contributed by atoms with van der Waals surface area (Å²) >= 11 is 1.54. The minimum absolute atomic E-state index is 0.158. The Morgan fingerprint density at radius 2 is 2.10 bits per heavy atom. The van der Waals surface area contributed by atoms with Crippen LogP contribution in [0, 0.1) is 0 Å². The molecule has 6 heteroatoms. The summed E-state index contributed by atoms with van der Waals surface area (Å²) in [4.78, 5) is 27.9. The summed E-state index contributed by atoms with van der Waals surface area (Å²) in [6, 6.07) is 0. The van der Waals surface area contributed by atoms with E-state index in [1.807, 2.05) is 12.3 Å². The fourth-order valence-electron chi connectivity index (χ4n) is 2.62. The van der Waals surface area contributed by atoms with Gasteiger partial charge < -0.3 is 10.4 Å². The van der Waals surface area contributed by atoms with E-state index in [0.29, 0.717) is 12.8 Å². The molecule has 1 aromatic heterocycles. The Balaban J connectivity index is 1.99. The number of thiazole rings is 1. The topological polar surface area (TPSA) is 79.3 Å². The van der Waals surface area contributed by atoms with E-state index in [2.05, 4.69) is 10.3 Å². The zero-order chi connectivity index (χ0) is 14.6. The van der Waals surface area contributed by atoms with Gasteiger partial charge in [-0.1, -0.05) is 26.2 Å². The first-order valence-electron chi connectivity index (χ1n) is 7.03. The van der Waals surface area contributed by atoms with E-state index < -0.39 is 11.5 Å². The van der Waals surface area contributed by atoms with Crippen molar-refractivity contribution in [2.75, 3.05) is 0 Å². The molecule has 0 aromatic carbocycles. The molecule has 5 nitrogen and oxygen atoms in total. The average Bonchev–Trinajstić information content (AvgIpc) is 2.87. The first-order valence-corrected chi connectivity index (χ1v) is 7.91. The summed E-state index contributed by atoms with van der Waals surface area (Å²) < 4.78 is 0. The van der Waals surface area contributed by atoms with E-state index in [0.717, 1.165) is 36.4 Å². The maximum absolute atomic E-state index is 12.1. The molecule has 0 saturated heterocycles. The Morgan fingerprint density at radius 3 is 2.65 bits per heavy atom. The van der Waals surface area contributed by atoms with Crippen LogP contribution < -0.4 is 5.32 Å². The number of carbonyl (C=O) groups is 2. The van der Waals surface area contributed by atoms with Crippen molar-refractivity contribution < 1.29 is 14.7 Å². The largest absolute Gasteiger partial charge is 0.480 e. The number of carboxylic acid groups (broad SMARTS) is 1. The number of carboxylic acids is 1. The van der Waals surface area contributed by atoms with Crippen LogP contribution in [0.4, 0.5) is 0 Å². The maximum Gasteiger partial charge on any atom is 0.329 e. The van der Waals surface area contributed by atoms with Crippen LogP contribution >= 0.6 is 11.3 Å². The Kier molecular flexibility index (Phi) is 4.75. The van der Waals surface area contributed by atoms with Crippen LogP contribution in [0.15, 0.2) is 5.38 Å². The molecule has 0 aliphatic heterocycles. The summed E-state index contributed by atoms with van der Waals surface area (Å²) in [7, 11) is 0. The Bertz CT molecular complexity index is 492. The van der Waals surface area contributed by atoms with E-state index in [-0.39, 0.29) is 12.3 Å². The average molecular weight is 296 g/mol. The maximum atomic E-state index is 12.1. The molecule has 1 aliphatic rings. The van der Waals surface area contributed by atoms with Gasteiger partial charge in [0.1, 0.15) is 5.54 Å². The number of nitrogens with one attached hydrogen (secondary N) is 1. The van der Waals surface area contributed by atoms with E-state index in [4.69, 9.17) is 0 Å². The molecule has 1 heterocycles. The zero-order valence-corrected chi connectivity index (χ0v) is 12.5. The highest BCUT2D eigenvalue weighted by Gasteiger charge is 2.40. The van der Waals surface area contributed by atoms with E-state index in [1.54, 1.807) is 0 Å². The minimum atomic E-state index is -1.07. The van der Waals surface area contributed by atoms with E-state index in [9.17, 15) is 14.7 Å². The quantitative estimate of drug-likeness (QED) is 0.872. The second kappa shape index (κ2) is 6.35. The number of rotatable bonds is 5. The first-order chi connectivity index (χ1) is 9.55. The Hall–Kier alpha value is -1.43. The van der Waals surface area contributed by atoms with Crippen molar-refractivity contribution in [2.45, 2.75) is 57.4 Å². The molecule has 0 radical (unpaired) electrons. The van der Waals surface area contributed by atoms with Crippen LogP contribution in [0.5, 0.6) is 0 Å². The smallest absolute Gasteiger partial charge is 0.329 e. The molecule has 1 saturated carbocycles. The molecule has 2 N–H and O–H groups in total. The summed E-state index contributed by atoms with van der Waals surface area (Å²) in [5.74, 6) is -1.17. The Morgan fingerprint density at radius 1 is 1.40 bits per heavy atom. The van der Waals surface area contributed by atoms with Crippen molar-refractivity contribution in [1.29, 1.82) is 0 Å². The molecule has 2 rings (SSSR count). The minimum Gasteiger partial charge on any atom is -0.480 e. The van der Waals surface area contributed by atoms with Crippen LogP contribution in [0.2, 0.25) is 0 Å². The summed E-state index contributed by atoms with van der Waals surface area (Å²) in [5, 5.41) is 15.0. The third-order valence-electron chi connectivity index (χ3n) is 3.74. The number of aryl methyl sites for hydroxylation is 1. The van der Waals surface area contributed by atoms with Crippen LogP contribution in [-0.2, 0) is 22.4 Å². The number of carbonyl (C=O) groups excluding carboxylic acids is 1. The third kappa shape index (κ3) is 3.36. The molecule has 0 spiro atoms. The Labute approximate surface area is 122 Å². The van der Waals surface area contributed by atoms with Gasteiger partial charge in [0.25, 0.3) is 0 Å². The highest BCUT2D eigenvalue weighted by atomic mass is 32.1. The van der Waals surface area contributed by atoms with Gasteiger partial charge in [0.15, 0.2) is 0 Å². The predicted molar refractivity (Wildman–Crippen MR) is 76.8 cm³/mol. The number of amides is 1. The first kappa shape index (κ1) is 15.0. The van der Waals surface area contributed by atoms with E-state index >= 15 is 0 Å². The van der Waals surface area contributed by atoms with Crippen molar-refractivity contribution in [1.82, 2.24) is 10.3 Å². The lowest BCUT2D eigenvalue weighted by atomic mass is 9.81. The molecule has 0 atom stereocenters. The van der Waals surface area contributed by atoms with Crippen molar-refractivity contribution in [3.8, 4) is 0 Å². The van der Waals surface area contributed by atoms with Crippen LogP contribution in [-0.4, -0.2) is 27.5 Å². The van der Waals surface area contributed by atoms with Crippen molar-refractivity contribution in [2.24, 2.45) is 0 Å². The van der Waals surface area contributed by atoms with E-state index in [1.165, 1.54) is 11.3 Å². The highest BCUT2D eigenvalue weighted by molar-refractivity contribution is 7.09. The molecule has 0 bridgehead atoms. The van der Waals surface area contributed by atoms with Crippen LogP contribution in [0.25, 0.3) is 0 Å². The lowest BCUT2D eigenvalue weighted by Gasteiger charge is -2.33. The van der Waals surface area contributed by atoms with Gasteiger partial charge in [-0.15, -0.1) is 11.3 Å². The molecule has 110 valence electrons. The molecule has 1 aliphatic carbocycles. The zero-order valence-electron chi connectivity index (χ0n) is 11.6. The second-order valence-corrected chi connectivity index (χ2v) is 6.20. The highest BCUT2D eigenvalue weighted by Crippen LogP contribution is 2.28. The molecule has 1 aromatic rings. The van der Waals surface area contributed by atoms with Gasteiger partial charge in [-0.3, -0.25) is 4.79 Å². The van der Waals surface area contributed by atoms with Gasteiger partial charge in [-0.25, -0.2) is 9.78 Å². The SMILES string of the molecule is CCc1nc(CC(=O)NC2(C(=O)O)CCCCC2)cs1. The normalized spacial score (nSPS) is 17.6. The molecule has 1 amide bonds. The van der Waals surface area contributed by atoms with Gasteiger partial charge in [-0.2, -0.15) is 0 Å². The molecular weight excluding hydrogens is 276 g/mol. The van der Waals surface area contributed by atoms with Gasteiger partial charge in [-0.05, 0) is 19.3 Å². The van der Waals surface area contributed by atoms with Gasteiger partial charge in [0.2, 0.25) is 5.91 Å². The molecule has 1 fully saturated rings. The number of aliphatic carboxylic acids is 1. The van der Waals surface area contributed by atoms with Gasteiger partial charge in [0, 0.05) is 5.38 Å². The number of aromatic nitrogens is 1. The fraction of sp³-hybridized carbons (Fsp3) is 0.643. The molecular formula is C14H20N2O3S. The number of hydrogen-bond donors (Lipinski definition) is 2. The summed E-state index contributed by atoms with van der Waals surface area (Å²) in [5.41, 5.74) is -0.348. The summed E-state index contributed by atoms with van der Waals surface area (Å²) in [6.07, 6.45) is 4.79. The van der Waals surface area contributed by atoms with Gasteiger partial charge in [0.05, 0.1) is 17.1 Å². The summed E-state index contributed by atoms with van der Waals surface area (Å²) in [6.45, 7) is 2.02. The van der Waals surface area contributed by atoms with Gasteiger partial charge >= 0.3 is 5.97 Å². The number of hydrogen-bond acceptors (Lipinski definition) is 4. The third-order valence-corrected chi connectivity index (χ3v) is 4.78. The standard InChI is InChI=1S/C14H20N2O3S/c1-2-12-15-10(9-20-12)8-11(17)16-14(13(18)19)6-4-3-5-7-14/h9H,2-8H2,1H3,(H,16,17)(H,18,19). The monoisotopic (exact) mass is 296 g/mol. The predicted octanol–water partition coefficient (Wildman–Crippen LogP) is 2.15. The number of nitrogens with zero attached hydrogens (tertiary/aromatic N) is 1. The lowest BCUT2D eigenvalue weighted by Crippen LogP contribution is -2.56. The lowest BCUT2D eigenvalue weighted by molar-refractivity contribution is -0.149. The fourth-order valence-corrected chi connectivity index (χ4v) is 3.36. The van der Waals surface area contributed by atoms with Crippen LogP contribution in [0.1, 0.15) is 49.7 Å². The molecule has 0 unspecified atom stereocenters. The van der Waals surface area contributed by atoms with Crippen molar-refractivity contribution in [3.05, 3.63) is 16.1 Å².